The quantitative estimate of drug-likeness (QED) is 0.738. The van der Waals surface area contributed by atoms with Crippen LogP contribution in [0.1, 0.15) is 33.3 Å². The van der Waals surface area contributed by atoms with Gasteiger partial charge in [-0.15, -0.1) is 0 Å². The van der Waals surface area contributed by atoms with Crippen molar-refractivity contribution in [2.75, 3.05) is 7.11 Å². The predicted octanol–water partition coefficient (Wildman–Crippen LogP) is 2.39. The molecule has 0 saturated heterocycles. The fourth-order valence-corrected chi connectivity index (χ4v) is 2.53. The first-order valence-corrected chi connectivity index (χ1v) is 7.98. The summed E-state index contributed by atoms with van der Waals surface area (Å²) in [5, 5.41) is 0. The minimum absolute atomic E-state index is 0.128. The van der Waals surface area contributed by atoms with Crippen LogP contribution in [0, 0.1) is 25.7 Å². The van der Waals surface area contributed by atoms with Crippen LogP contribution in [-0.2, 0) is 0 Å². The first-order chi connectivity index (χ1) is 12.5. The molecule has 6 heteroatoms. The van der Waals surface area contributed by atoms with Crippen molar-refractivity contribution in [3.05, 3.63) is 71.1 Å². The summed E-state index contributed by atoms with van der Waals surface area (Å²) in [4.78, 5) is 20.4. The van der Waals surface area contributed by atoms with Gasteiger partial charge in [-0.1, -0.05) is 12.0 Å². The van der Waals surface area contributed by atoms with Crippen molar-refractivity contribution in [1.82, 2.24) is 14.5 Å². The van der Waals surface area contributed by atoms with Crippen LogP contribution in [0.3, 0.4) is 0 Å². The van der Waals surface area contributed by atoms with Crippen molar-refractivity contribution in [3.63, 3.8) is 0 Å². The lowest BCUT2D eigenvalue weighted by Crippen LogP contribution is -2.18. The molecule has 0 saturated carbocycles. The molecule has 2 N–H and O–H groups in total. The summed E-state index contributed by atoms with van der Waals surface area (Å²) in [7, 11) is 1.60. The first-order valence-electron chi connectivity index (χ1n) is 7.98. The lowest BCUT2D eigenvalue weighted by Gasteiger charge is -2.07. The van der Waals surface area contributed by atoms with Gasteiger partial charge in [0.2, 0.25) is 5.82 Å². The van der Waals surface area contributed by atoms with Crippen LogP contribution in [0.15, 0.2) is 42.6 Å². The van der Waals surface area contributed by atoms with Crippen LogP contribution in [0.2, 0.25) is 0 Å². The lowest BCUT2D eigenvalue weighted by atomic mass is 10.2. The molecule has 26 heavy (non-hydrogen) atoms. The number of carbonyl (C=O) groups excluding carboxylic acids is 1. The lowest BCUT2D eigenvalue weighted by molar-refractivity contribution is 0.0988. The third kappa shape index (κ3) is 3.42. The minimum Gasteiger partial charge on any atom is -0.497 e. The molecular formula is C20H18N4O2. The number of amides is 1. The largest absolute Gasteiger partial charge is 0.497 e. The zero-order chi connectivity index (χ0) is 18.7. The fraction of sp³-hybridized carbons (Fsp3) is 0.150. The molecule has 0 bridgehead atoms. The van der Waals surface area contributed by atoms with Crippen LogP contribution in [0.4, 0.5) is 0 Å². The molecule has 3 rings (SSSR count). The van der Waals surface area contributed by atoms with Crippen molar-refractivity contribution >= 4 is 5.91 Å². The zero-order valence-electron chi connectivity index (χ0n) is 14.8. The summed E-state index contributed by atoms with van der Waals surface area (Å²) in [5.41, 5.74) is 9.09. The van der Waals surface area contributed by atoms with Crippen LogP contribution in [0.5, 0.6) is 5.75 Å². The number of methoxy groups -OCH3 is 1. The SMILES string of the molecule is COc1cccc(C#Cc2nc(C(N)=O)n(-c3ccc(C)nc3)c2C)c1. The molecule has 0 unspecified atom stereocenters. The highest BCUT2D eigenvalue weighted by Crippen LogP contribution is 2.18. The summed E-state index contributed by atoms with van der Waals surface area (Å²) in [5.74, 6) is 6.29. The molecule has 0 atom stereocenters. The Morgan fingerprint density at radius 3 is 2.65 bits per heavy atom. The Bertz CT molecular complexity index is 1020. The molecule has 1 amide bonds. The summed E-state index contributed by atoms with van der Waals surface area (Å²) in [6.07, 6.45) is 1.68. The van der Waals surface area contributed by atoms with Crippen molar-refractivity contribution in [3.8, 4) is 23.3 Å². The summed E-state index contributed by atoms with van der Waals surface area (Å²) in [6, 6.07) is 11.1. The maximum absolute atomic E-state index is 11.8. The monoisotopic (exact) mass is 346 g/mol. The number of carbonyl (C=O) groups is 1. The van der Waals surface area contributed by atoms with E-state index in [-0.39, 0.29) is 5.82 Å². The summed E-state index contributed by atoms with van der Waals surface area (Å²) >= 11 is 0. The topological polar surface area (TPSA) is 83.0 Å². The smallest absolute Gasteiger partial charge is 0.285 e. The number of primary amides is 1. The highest BCUT2D eigenvalue weighted by Gasteiger charge is 2.18. The van der Waals surface area contributed by atoms with Crippen LogP contribution in [-0.4, -0.2) is 27.6 Å². The summed E-state index contributed by atoms with van der Waals surface area (Å²) < 4.78 is 6.87. The van der Waals surface area contributed by atoms with Crippen molar-refractivity contribution in [2.24, 2.45) is 5.73 Å². The molecule has 0 aliphatic carbocycles. The Morgan fingerprint density at radius 1 is 1.19 bits per heavy atom. The van der Waals surface area contributed by atoms with Crippen molar-refractivity contribution in [1.29, 1.82) is 0 Å². The number of hydrogen-bond donors (Lipinski definition) is 1. The average molecular weight is 346 g/mol. The predicted molar refractivity (Wildman–Crippen MR) is 98.3 cm³/mol. The molecule has 2 heterocycles. The third-order valence-corrected chi connectivity index (χ3v) is 3.88. The van der Waals surface area contributed by atoms with Gasteiger partial charge in [0.25, 0.3) is 5.91 Å². The van der Waals surface area contributed by atoms with E-state index < -0.39 is 5.91 Å². The van der Waals surface area contributed by atoms with Gasteiger partial charge in [0.15, 0.2) is 0 Å². The molecule has 1 aromatic carbocycles. The third-order valence-electron chi connectivity index (χ3n) is 3.88. The Hall–Kier alpha value is -3.59. The van der Waals surface area contributed by atoms with Gasteiger partial charge in [-0.25, -0.2) is 4.98 Å². The number of aryl methyl sites for hydroxylation is 1. The van der Waals surface area contributed by atoms with Crippen LogP contribution >= 0.6 is 0 Å². The van der Waals surface area contributed by atoms with E-state index in [2.05, 4.69) is 21.8 Å². The second-order valence-corrected chi connectivity index (χ2v) is 5.71. The van der Waals surface area contributed by atoms with Gasteiger partial charge >= 0.3 is 0 Å². The molecular weight excluding hydrogens is 328 g/mol. The van der Waals surface area contributed by atoms with Gasteiger partial charge in [-0.3, -0.25) is 14.3 Å². The molecule has 130 valence electrons. The van der Waals surface area contributed by atoms with Gasteiger partial charge in [-0.05, 0) is 50.1 Å². The number of pyridine rings is 1. The van der Waals surface area contributed by atoms with Gasteiger partial charge in [0.05, 0.1) is 24.7 Å². The average Bonchev–Trinajstić information content (AvgIpc) is 2.98. The van der Waals surface area contributed by atoms with E-state index >= 15 is 0 Å². The number of nitrogens with zero attached hydrogens (tertiary/aromatic N) is 3. The van der Waals surface area contributed by atoms with Gasteiger partial charge < -0.3 is 10.5 Å². The minimum atomic E-state index is -0.622. The second kappa shape index (κ2) is 7.11. The van der Waals surface area contributed by atoms with E-state index in [9.17, 15) is 4.79 Å². The molecule has 0 radical (unpaired) electrons. The van der Waals surface area contributed by atoms with Crippen molar-refractivity contribution in [2.45, 2.75) is 13.8 Å². The second-order valence-electron chi connectivity index (χ2n) is 5.71. The van der Waals surface area contributed by atoms with Gasteiger partial charge in [-0.2, -0.15) is 0 Å². The van der Waals surface area contributed by atoms with Crippen LogP contribution in [0.25, 0.3) is 5.69 Å². The standard InChI is InChI=1S/C20H18N4O2/c1-13-7-9-16(12-22-13)24-14(2)18(23-20(24)19(21)25)10-8-15-5-4-6-17(11-15)26-3/h4-7,9,11-12H,1-3H3,(H2,21,25). The molecule has 0 fully saturated rings. The Morgan fingerprint density at radius 2 is 2.00 bits per heavy atom. The molecule has 0 aliphatic heterocycles. The number of benzene rings is 1. The Labute approximate surface area is 151 Å². The molecule has 3 aromatic rings. The fourth-order valence-electron chi connectivity index (χ4n) is 2.53. The Balaban J connectivity index is 2.07. The molecule has 0 spiro atoms. The maximum Gasteiger partial charge on any atom is 0.285 e. The van der Waals surface area contributed by atoms with Gasteiger partial charge in [0.1, 0.15) is 11.4 Å². The molecule has 6 nitrogen and oxygen atoms in total. The number of ether oxygens (including phenoxy) is 1. The summed E-state index contributed by atoms with van der Waals surface area (Å²) in [6.45, 7) is 3.74. The maximum atomic E-state index is 11.8. The van der Waals surface area contributed by atoms with E-state index in [1.54, 1.807) is 17.9 Å². The highest BCUT2D eigenvalue weighted by molar-refractivity contribution is 5.90. The number of imidazole rings is 1. The van der Waals surface area contributed by atoms with E-state index in [1.807, 2.05) is 50.2 Å². The van der Waals surface area contributed by atoms with E-state index in [0.717, 1.165) is 22.7 Å². The van der Waals surface area contributed by atoms with Gasteiger partial charge in [0, 0.05) is 11.3 Å². The number of nitrogens with two attached hydrogens (primary N) is 1. The molecule has 0 aliphatic rings. The highest BCUT2D eigenvalue weighted by atomic mass is 16.5. The normalized spacial score (nSPS) is 10.1. The van der Waals surface area contributed by atoms with Crippen LogP contribution < -0.4 is 10.5 Å². The van der Waals surface area contributed by atoms with Crippen molar-refractivity contribution < 1.29 is 9.53 Å². The first kappa shape index (κ1) is 17.2. The molecule has 2 aromatic heterocycles. The van der Waals surface area contributed by atoms with E-state index in [1.165, 1.54) is 0 Å². The van der Waals surface area contributed by atoms with E-state index in [0.29, 0.717) is 11.4 Å². The van der Waals surface area contributed by atoms with E-state index in [4.69, 9.17) is 10.5 Å². The zero-order valence-corrected chi connectivity index (χ0v) is 14.8. The number of rotatable bonds is 3. The number of hydrogen-bond acceptors (Lipinski definition) is 4. The Kier molecular flexibility index (Phi) is 4.72. The number of aromatic nitrogens is 3.